The number of rotatable bonds is 2. The van der Waals surface area contributed by atoms with E-state index in [1.807, 2.05) is 39.2 Å². The van der Waals surface area contributed by atoms with Crippen LogP contribution in [-0.2, 0) is 11.4 Å². The molecule has 0 fully saturated rings. The van der Waals surface area contributed by atoms with Gasteiger partial charge in [0.15, 0.2) is 11.2 Å². The number of nitrogens with one attached hydrogen (secondary N) is 1. The van der Waals surface area contributed by atoms with Crippen molar-refractivity contribution in [2.45, 2.75) is 53.8 Å². The van der Waals surface area contributed by atoms with Gasteiger partial charge in [0.1, 0.15) is 11.4 Å². The molecule has 0 saturated carbocycles. The van der Waals surface area contributed by atoms with Gasteiger partial charge in [0, 0.05) is 12.5 Å². The Bertz CT molecular complexity index is 729. The number of aryl methyl sites for hydroxylation is 2. The van der Waals surface area contributed by atoms with E-state index in [0.29, 0.717) is 11.2 Å². The average molecular weight is 306 g/mol. The minimum absolute atomic E-state index is 0.237. The van der Waals surface area contributed by atoms with Crippen LogP contribution in [0.1, 0.15) is 37.9 Å². The topological polar surface area (TPSA) is 83.1 Å². The first-order valence-corrected chi connectivity index (χ1v) is 7.13. The maximum Gasteiger partial charge on any atom is 0.409 e. The van der Waals surface area contributed by atoms with Crippen LogP contribution in [0.15, 0.2) is 6.20 Å². The number of carbonyl (C=O) groups is 1. The van der Waals surface area contributed by atoms with Crippen LogP contribution < -0.4 is 10.0 Å². The van der Waals surface area contributed by atoms with Crippen molar-refractivity contribution in [2.75, 3.05) is 0 Å². The van der Waals surface area contributed by atoms with Gasteiger partial charge in [-0.2, -0.15) is 4.73 Å². The maximum absolute atomic E-state index is 11.8. The van der Waals surface area contributed by atoms with Gasteiger partial charge in [-0.1, -0.05) is 0 Å². The molecule has 0 atom stereocenters. The van der Waals surface area contributed by atoms with Crippen molar-refractivity contribution < 1.29 is 14.3 Å². The second-order valence-electron chi connectivity index (χ2n) is 6.32. The molecule has 0 aliphatic heterocycles. The Morgan fingerprint density at radius 3 is 2.64 bits per heavy atom. The van der Waals surface area contributed by atoms with Gasteiger partial charge in [-0.05, 0) is 34.6 Å². The summed E-state index contributed by atoms with van der Waals surface area (Å²) in [6.07, 6.45) is 0.965. The first-order valence-electron chi connectivity index (χ1n) is 7.13. The van der Waals surface area contributed by atoms with Crippen molar-refractivity contribution in [3.05, 3.63) is 28.5 Å². The molecule has 0 aliphatic carbocycles. The van der Waals surface area contributed by atoms with Crippen LogP contribution >= 0.6 is 0 Å². The molecule has 22 heavy (non-hydrogen) atoms. The fourth-order valence-electron chi connectivity index (χ4n) is 2.27. The van der Waals surface area contributed by atoms with Gasteiger partial charge in [0.25, 0.3) is 0 Å². The summed E-state index contributed by atoms with van der Waals surface area (Å²) < 4.78 is 7.90. The second-order valence-corrected chi connectivity index (χ2v) is 6.32. The third kappa shape index (κ3) is 3.13. The van der Waals surface area contributed by atoms with E-state index in [1.165, 1.54) is 6.20 Å². The Morgan fingerprint density at radius 1 is 1.41 bits per heavy atom. The zero-order valence-electron chi connectivity index (χ0n) is 13.9. The maximum atomic E-state index is 11.8. The average Bonchev–Trinajstić information content (AvgIpc) is 2.67. The molecule has 7 nitrogen and oxygen atoms in total. The minimum Gasteiger partial charge on any atom is -0.618 e. The lowest BCUT2D eigenvalue weighted by Crippen LogP contribution is -2.34. The number of nitrogens with zero attached hydrogens (tertiary/aromatic N) is 3. The SMILES string of the molecule is Cc1c(C)[n+]([O-])cc2nc(C)n(CNC(=O)OC(C)(C)C)c12. The highest BCUT2D eigenvalue weighted by Crippen LogP contribution is 2.20. The summed E-state index contributed by atoms with van der Waals surface area (Å²) >= 11 is 0. The molecule has 0 saturated heterocycles. The predicted octanol–water partition coefficient (Wildman–Crippen LogP) is 2.08. The molecular weight excluding hydrogens is 284 g/mol. The standard InChI is InChI=1S/C15H22N4O3/c1-9-10(2)19(21)7-12-13(9)18(11(3)17-12)8-16-14(20)22-15(4,5)6/h7H,8H2,1-6H3,(H,16,20). The van der Waals surface area contributed by atoms with Crippen molar-refractivity contribution >= 4 is 17.1 Å². The summed E-state index contributed by atoms with van der Waals surface area (Å²) in [4.78, 5) is 16.2. The summed E-state index contributed by atoms with van der Waals surface area (Å²) in [5.74, 6) is 0.722. The lowest BCUT2D eigenvalue weighted by Gasteiger charge is -2.20. The largest absolute Gasteiger partial charge is 0.618 e. The summed E-state index contributed by atoms with van der Waals surface area (Å²) in [6, 6.07) is 0. The Labute approximate surface area is 129 Å². The van der Waals surface area contributed by atoms with E-state index in [0.717, 1.165) is 21.6 Å². The number of imidazole rings is 1. The van der Waals surface area contributed by atoms with E-state index in [2.05, 4.69) is 10.3 Å². The zero-order chi connectivity index (χ0) is 16.7. The number of pyridine rings is 1. The van der Waals surface area contributed by atoms with E-state index in [1.54, 1.807) is 6.92 Å². The Hall–Kier alpha value is -2.31. The molecular formula is C15H22N4O3. The first-order chi connectivity index (χ1) is 10.1. The van der Waals surface area contributed by atoms with Crippen molar-refractivity contribution in [3.8, 4) is 0 Å². The van der Waals surface area contributed by atoms with E-state index >= 15 is 0 Å². The number of carbonyl (C=O) groups excluding carboxylic acids is 1. The number of hydrogen-bond donors (Lipinski definition) is 1. The van der Waals surface area contributed by atoms with Crippen molar-refractivity contribution in [1.29, 1.82) is 0 Å². The summed E-state index contributed by atoms with van der Waals surface area (Å²) in [5, 5.41) is 14.5. The van der Waals surface area contributed by atoms with E-state index in [9.17, 15) is 10.0 Å². The van der Waals surface area contributed by atoms with E-state index < -0.39 is 11.7 Å². The molecule has 2 aromatic rings. The van der Waals surface area contributed by atoms with Gasteiger partial charge in [-0.3, -0.25) is 0 Å². The Morgan fingerprint density at radius 2 is 2.05 bits per heavy atom. The Balaban J connectivity index is 2.30. The molecule has 0 bridgehead atoms. The van der Waals surface area contributed by atoms with Gasteiger partial charge in [-0.25, -0.2) is 9.78 Å². The monoisotopic (exact) mass is 306 g/mol. The minimum atomic E-state index is -0.545. The van der Waals surface area contributed by atoms with Gasteiger partial charge >= 0.3 is 6.09 Å². The van der Waals surface area contributed by atoms with Crippen LogP contribution in [0.25, 0.3) is 11.0 Å². The summed E-state index contributed by atoms with van der Waals surface area (Å²) in [5.41, 5.74) is 2.38. The van der Waals surface area contributed by atoms with Gasteiger partial charge < -0.3 is 19.8 Å². The van der Waals surface area contributed by atoms with Crippen molar-refractivity contribution in [3.63, 3.8) is 0 Å². The quantitative estimate of drug-likeness (QED) is 0.680. The smallest absolute Gasteiger partial charge is 0.409 e. The van der Waals surface area contributed by atoms with Crippen LogP contribution in [-0.4, -0.2) is 21.2 Å². The van der Waals surface area contributed by atoms with Crippen LogP contribution in [0.3, 0.4) is 0 Å². The van der Waals surface area contributed by atoms with E-state index in [-0.39, 0.29) is 6.67 Å². The predicted molar refractivity (Wildman–Crippen MR) is 82.3 cm³/mol. The van der Waals surface area contributed by atoms with Gasteiger partial charge in [0.2, 0.25) is 6.20 Å². The highest BCUT2D eigenvalue weighted by molar-refractivity contribution is 5.78. The molecule has 7 heteroatoms. The number of ether oxygens (including phenoxy) is 1. The number of aromatic nitrogens is 3. The van der Waals surface area contributed by atoms with Crippen molar-refractivity contribution in [2.24, 2.45) is 0 Å². The van der Waals surface area contributed by atoms with Crippen LogP contribution in [0.2, 0.25) is 0 Å². The molecule has 0 unspecified atom stereocenters. The summed E-state index contributed by atoms with van der Waals surface area (Å²) in [7, 11) is 0. The number of fused-ring (bicyclic) bond motifs is 1. The van der Waals surface area contributed by atoms with Gasteiger partial charge in [-0.15, -0.1) is 0 Å². The third-order valence-corrected chi connectivity index (χ3v) is 3.43. The molecule has 0 spiro atoms. The van der Waals surface area contributed by atoms with E-state index in [4.69, 9.17) is 4.74 Å². The number of alkyl carbamates (subject to hydrolysis) is 1. The van der Waals surface area contributed by atoms with Gasteiger partial charge in [0.05, 0.1) is 12.2 Å². The number of amides is 1. The molecule has 1 amide bonds. The number of hydrogen-bond acceptors (Lipinski definition) is 4. The zero-order valence-corrected chi connectivity index (χ0v) is 13.9. The normalized spacial score (nSPS) is 11.7. The Kier molecular flexibility index (Phi) is 4.00. The van der Waals surface area contributed by atoms with Crippen LogP contribution in [0.5, 0.6) is 0 Å². The van der Waals surface area contributed by atoms with Crippen LogP contribution in [0.4, 0.5) is 4.79 Å². The molecule has 2 heterocycles. The molecule has 2 rings (SSSR count). The fraction of sp³-hybridized carbons (Fsp3) is 0.533. The molecule has 0 radical (unpaired) electrons. The molecule has 120 valence electrons. The van der Waals surface area contributed by atoms with Crippen LogP contribution in [0, 0.1) is 26.0 Å². The third-order valence-electron chi connectivity index (χ3n) is 3.43. The molecule has 1 N–H and O–H groups in total. The molecule has 2 aromatic heterocycles. The lowest BCUT2D eigenvalue weighted by molar-refractivity contribution is -0.611. The summed E-state index contributed by atoms with van der Waals surface area (Å²) in [6.45, 7) is 11.1. The molecule has 0 aliphatic rings. The second kappa shape index (κ2) is 5.47. The highest BCUT2D eigenvalue weighted by Gasteiger charge is 2.19. The first kappa shape index (κ1) is 16.1. The molecule has 0 aromatic carbocycles. The fourth-order valence-corrected chi connectivity index (χ4v) is 2.27. The highest BCUT2D eigenvalue weighted by atomic mass is 16.6. The lowest BCUT2D eigenvalue weighted by atomic mass is 10.2. The van der Waals surface area contributed by atoms with Crippen molar-refractivity contribution in [1.82, 2.24) is 14.9 Å².